The Hall–Kier alpha value is -1.91. The predicted octanol–water partition coefficient (Wildman–Crippen LogP) is 3.06. The topological polar surface area (TPSA) is 49.4 Å². The van der Waals surface area contributed by atoms with E-state index in [2.05, 4.69) is 5.32 Å². The van der Waals surface area contributed by atoms with Crippen molar-refractivity contribution in [2.45, 2.75) is 57.9 Å². The van der Waals surface area contributed by atoms with Crippen LogP contribution in [0.15, 0.2) is 24.3 Å². The van der Waals surface area contributed by atoms with Crippen molar-refractivity contribution in [1.82, 2.24) is 10.2 Å². The van der Waals surface area contributed by atoms with Crippen LogP contribution >= 0.6 is 0 Å². The molecule has 0 radical (unpaired) electrons. The number of amides is 2. The Balaban J connectivity index is 1.87. The molecule has 1 fully saturated rings. The zero-order chi connectivity index (χ0) is 17.4. The van der Waals surface area contributed by atoms with Gasteiger partial charge in [0.1, 0.15) is 5.82 Å². The number of piperidine rings is 1. The fourth-order valence-corrected chi connectivity index (χ4v) is 3.26. The summed E-state index contributed by atoms with van der Waals surface area (Å²) in [4.78, 5) is 26.0. The summed E-state index contributed by atoms with van der Waals surface area (Å²) in [5.74, 6) is -0.0985. The summed E-state index contributed by atoms with van der Waals surface area (Å²) >= 11 is 0. The molecule has 0 aromatic heterocycles. The zero-order valence-corrected chi connectivity index (χ0v) is 14.4. The van der Waals surface area contributed by atoms with Gasteiger partial charge in [-0.15, -0.1) is 0 Å². The molecule has 1 aromatic carbocycles. The van der Waals surface area contributed by atoms with Gasteiger partial charge >= 0.3 is 0 Å². The van der Waals surface area contributed by atoms with Crippen molar-refractivity contribution >= 4 is 11.8 Å². The number of hydrogen-bond donors (Lipinski definition) is 1. The van der Waals surface area contributed by atoms with Crippen LogP contribution < -0.4 is 5.32 Å². The number of nitrogens with zero attached hydrogens (tertiary/aromatic N) is 1. The maximum atomic E-state index is 13.0. The molecule has 1 heterocycles. The normalized spacial score (nSPS) is 17.6. The lowest BCUT2D eigenvalue weighted by molar-refractivity contribution is -0.135. The minimum atomic E-state index is -0.235. The summed E-state index contributed by atoms with van der Waals surface area (Å²) in [5.41, 5.74) is 1.06. The van der Waals surface area contributed by atoms with E-state index in [1.807, 2.05) is 11.8 Å². The van der Waals surface area contributed by atoms with Crippen molar-refractivity contribution in [2.24, 2.45) is 0 Å². The molecule has 1 aliphatic heterocycles. The summed E-state index contributed by atoms with van der Waals surface area (Å²) in [6, 6.07) is 6.71. The largest absolute Gasteiger partial charge is 0.356 e. The third-order valence-electron chi connectivity index (χ3n) is 4.50. The van der Waals surface area contributed by atoms with Crippen LogP contribution in [0.5, 0.6) is 0 Å². The van der Waals surface area contributed by atoms with E-state index in [0.29, 0.717) is 25.8 Å². The van der Waals surface area contributed by atoms with Gasteiger partial charge in [-0.25, -0.2) is 4.39 Å². The summed E-state index contributed by atoms with van der Waals surface area (Å²) in [5, 5.41) is 2.75. The van der Waals surface area contributed by atoms with Crippen LogP contribution in [0.3, 0.4) is 0 Å². The van der Waals surface area contributed by atoms with E-state index in [0.717, 1.165) is 37.8 Å². The molecule has 0 spiro atoms. The molecule has 1 atom stereocenters. The van der Waals surface area contributed by atoms with Crippen LogP contribution in [0.25, 0.3) is 0 Å². The monoisotopic (exact) mass is 334 g/mol. The second-order valence-corrected chi connectivity index (χ2v) is 6.37. The Morgan fingerprint density at radius 3 is 2.67 bits per heavy atom. The third-order valence-corrected chi connectivity index (χ3v) is 4.50. The molecule has 1 aromatic rings. The van der Waals surface area contributed by atoms with Gasteiger partial charge in [0.25, 0.3) is 0 Å². The van der Waals surface area contributed by atoms with Crippen molar-refractivity contribution in [3.63, 3.8) is 0 Å². The van der Waals surface area contributed by atoms with Gasteiger partial charge in [0.15, 0.2) is 0 Å². The molecule has 1 aliphatic rings. The molecule has 1 saturated heterocycles. The fraction of sp³-hybridized carbons (Fsp3) is 0.579. The van der Waals surface area contributed by atoms with E-state index >= 15 is 0 Å². The van der Waals surface area contributed by atoms with Crippen LogP contribution in [0, 0.1) is 5.82 Å². The zero-order valence-electron chi connectivity index (χ0n) is 14.4. The minimum Gasteiger partial charge on any atom is -0.356 e. The molecule has 0 saturated carbocycles. The Morgan fingerprint density at radius 2 is 1.96 bits per heavy atom. The first-order valence-corrected chi connectivity index (χ1v) is 8.90. The Bertz CT molecular complexity index is 545. The van der Waals surface area contributed by atoms with Gasteiger partial charge < -0.3 is 10.2 Å². The Labute approximate surface area is 143 Å². The second-order valence-electron chi connectivity index (χ2n) is 6.37. The minimum absolute atomic E-state index is 0.00630. The number of rotatable bonds is 7. The molecule has 5 heteroatoms. The van der Waals surface area contributed by atoms with E-state index in [4.69, 9.17) is 0 Å². The lowest BCUT2D eigenvalue weighted by atomic mass is 9.95. The number of halogens is 1. The van der Waals surface area contributed by atoms with Crippen LogP contribution in [0.1, 0.15) is 51.0 Å². The molecule has 0 bridgehead atoms. The summed E-state index contributed by atoms with van der Waals surface area (Å²) in [6.07, 6.45) is 5.30. The SMILES string of the molecule is CCNC(=O)CCCC(=O)N1CCCCC1Cc1ccc(F)cc1. The fourth-order valence-electron chi connectivity index (χ4n) is 3.26. The van der Waals surface area contributed by atoms with Crippen molar-refractivity contribution in [3.05, 3.63) is 35.6 Å². The van der Waals surface area contributed by atoms with Gasteiger partial charge in [-0.05, 0) is 56.7 Å². The summed E-state index contributed by atoms with van der Waals surface area (Å²) < 4.78 is 13.0. The number of carbonyl (C=O) groups excluding carboxylic acids is 2. The van der Waals surface area contributed by atoms with Gasteiger partial charge in [-0.1, -0.05) is 12.1 Å². The van der Waals surface area contributed by atoms with Crippen LogP contribution in [-0.2, 0) is 16.0 Å². The highest BCUT2D eigenvalue weighted by molar-refractivity contribution is 5.79. The highest BCUT2D eigenvalue weighted by Gasteiger charge is 2.26. The second kappa shape index (κ2) is 9.40. The van der Waals surface area contributed by atoms with Gasteiger partial charge in [0, 0.05) is 32.0 Å². The Kier molecular flexibility index (Phi) is 7.22. The van der Waals surface area contributed by atoms with Gasteiger partial charge in [-0.3, -0.25) is 9.59 Å². The molecule has 4 nitrogen and oxygen atoms in total. The molecular weight excluding hydrogens is 307 g/mol. The molecule has 2 rings (SSSR count). The first-order chi connectivity index (χ1) is 11.6. The molecule has 0 aliphatic carbocycles. The molecule has 2 amide bonds. The smallest absolute Gasteiger partial charge is 0.222 e. The van der Waals surface area contributed by atoms with Crippen LogP contribution in [0.2, 0.25) is 0 Å². The van der Waals surface area contributed by atoms with E-state index in [9.17, 15) is 14.0 Å². The average molecular weight is 334 g/mol. The summed E-state index contributed by atoms with van der Waals surface area (Å²) in [6.45, 7) is 3.29. The van der Waals surface area contributed by atoms with Crippen molar-refractivity contribution in [2.75, 3.05) is 13.1 Å². The standard InChI is InChI=1S/C19H27FN2O2/c1-2-21-18(23)7-5-8-19(24)22-13-4-3-6-17(22)14-15-9-11-16(20)12-10-15/h9-12,17H,2-8,13-14H2,1H3,(H,21,23). The summed E-state index contributed by atoms with van der Waals surface area (Å²) in [7, 11) is 0. The number of hydrogen-bond acceptors (Lipinski definition) is 2. The maximum absolute atomic E-state index is 13.0. The molecule has 1 unspecified atom stereocenters. The van der Waals surface area contributed by atoms with Crippen molar-refractivity contribution < 1.29 is 14.0 Å². The average Bonchev–Trinajstić information content (AvgIpc) is 2.57. The quantitative estimate of drug-likeness (QED) is 0.833. The molecule has 132 valence electrons. The lowest BCUT2D eigenvalue weighted by Crippen LogP contribution is -2.44. The maximum Gasteiger partial charge on any atom is 0.222 e. The predicted molar refractivity (Wildman–Crippen MR) is 92.0 cm³/mol. The number of likely N-dealkylation sites (tertiary alicyclic amines) is 1. The highest BCUT2D eigenvalue weighted by Crippen LogP contribution is 2.22. The highest BCUT2D eigenvalue weighted by atomic mass is 19.1. The van der Waals surface area contributed by atoms with Crippen molar-refractivity contribution in [1.29, 1.82) is 0 Å². The van der Waals surface area contributed by atoms with E-state index in [-0.39, 0.29) is 23.7 Å². The van der Waals surface area contributed by atoms with E-state index in [1.54, 1.807) is 12.1 Å². The van der Waals surface area contributed by atoms with Crippen molar-refractivity contribution in [3.8, 4) is 0 Å². The Morgan fingerprint density at radius 1 is 1.21 bits per heavy atom. The third kappa shape index (κ3) is 5.62. The number of benzene rings is 1. The molecule has 1 N–H and O–H groups in total. The van der Waals surface area contributed by atoms with Crippen LogP contribution in [0.4, 0.5) is 4.39 Å². The van der Waals surface area contributed by atoms with Gasteiger partial charge in [0.2, 0.25) is 11.8 Å². The van der Waals surface area contributed by atoms with Gasteiger partial charge in [-0.2, -0.15) is 0 Å². The molecular formula is C19H27FN2O2. The van der Waals surface area contributed by atoms with Crippen LogP contribution in [-0.4, -0.2) is 35.8 Å². The first kappa shape index (κ1) is 18.4. The lowest BCUT2D eigenvalue weighted by Gasteiger charge is -2.36. The number of nitrogens with one attached hydrogen (secondary N) is 1. The molecule has 24 heavy (non-hydrogen) atoms. The first-order valence-electron chi connectivity index (χ1n) is 8.90. The van der Waals surface area contributed by atoms with E-state index in [1.165, 1.54) is 12.1 Å². The number of carbonyl (C=O) groups is 2. The van der Waals surface area contributed by atoms with Gasteiger partial charge in [0.05, 0.1) is 0 Å². The van der Waals surface area contributed by atoms with E-state index < -0.39 is 0 Å².